The first-order valence-corrected chi connectivity index (χ1v) is 9.71. The van der Waals surface area contributed by atoms with E-state index >= 15 is 0 Å². The Bertz CT molecular complexity index is 859. The summed E-state index contributed by atoms with van der Waals surface area (Å²) in [6.07, 6.45) is 0. The molecule has 0 saturated carbocycles. The number of benzene rings is 2. The van der Waals surface area contributed by atoms with Gasteiger partial charge in [0.1, 0.15) is 23.1 Å². The molecular formula is C20H21ClN2O2S. The first-order chi connectivity index (χ1) is 12.3. The highest BCUT2D eigenvalue weighted by Gasteiger charge is 2.19. The Labute approximate surface area is 163 Å². The van der Waals surface area contributed by atoms with Gasteiger partial charge in [-0.2, -0.15) is 0 Å². The van der Waals surface area contributed by atoms with E-state index in [1.54, 1.807) is 24.3 Å². The molecule has 0 bridgehead atoms. The second-order valence-corrected chi connectivity index (χ2v) is 8.56. The summed E-state index contributed by atoms with van der Waals surface area (Å²) in [5.74, 6) is 0.947. The van der Waals surface area contributed by atoms with Crippen molar-refractivity contribution in [3.8, 4) is 5.75 Å². The zero-order valence-electron chi connectivity index (χ0n) is 15.0. The third-order valence-electron chi connectivity index (χ3n) is 3.90. The largest absolute Gasteiger partial charge is 0.484 e. The number of thioether (sulfide) groups is 1. The van der Waals surface area contributed by atoms with Gasteiger partial charge in [0.15, 0.2) is 0 Å². The Balaban J connectivity index is 1.64. The number of rotatable bonds is 3. The van der Waals surface area contributed by atoms with Crippen LogP contribution in [-0.4, -0.2) is 23.3 Å². The van der Waals surface area contributed by atoms with Crippen LogP contribution in [0.5, 0.6) is 5.75 Å². The van der Waals surface area contributed by atoms with E-state index in [2.05, 4.69) is 43.2 Å². The lowest BCUT2D eigenvalue weighted by atomic mass is 9.87. The van der Waals surface area contributed by atoms with Gasteiger partial charge < -0.3 is 10.1 Å². The van der Waals surface area contributed by atoms with E-state index in [-0.39, 0.29) is 17.1 Å². The summed E-state index contributed by atoms with van der Waals surface area (Å²) in [5, 5.41) is 4.22. The van der Waals surface area contributed by atoms with Crippen LogP contribution in [0.3, 0.4) is 0 Å². The molecular weight excluding hydrogens is 368 g/mol. The normalized spacial score (nSPS) is 13.5. The minimum absolute atomic E-state index is 0.0478. The zero-order valence-corrected chi connectivity index (χ0v) is 16.6. The number of nitrogens with zero attached hydrogens (tertiary/aromatic N) is 1. The van der Waals surface area contributed by atoms with E-state index in [0.717, 1.165) is 16.5 Å². The highest BCUT2D eigenvalue weighted by atomic mass is 35.5. The van der Waals surface area contributed by atoms with Crippen molar-refractivity contribution in [1.29, 1.82) is 0 Å². The van der Waals surface area contributed by atoms with Gasteiger partial charge in [0.25, 0.3) is 0 Å². The summed E-state index contributed by atoms with van der Waals surface area (Å²) in [5.41, 5.74) is 2.76. The van der Waals surface area contributed by atoms with Crippen LogP contribution >= 0.6 is 23.4 Å². The van der Waals surface area contributed by atoms with Gasteiger partial charge in [0, 0.05) is 10.7 Å². The summed E-state index contributed by atoms with van der Waals surface area (Å²) >= 11 is 7.31. The minimum atomic E-state index is -0.103. The molecule has 2 aromatic rings. The van der Waals surface area contributed by atoms with Crippen LogP contribution in [0.1, 0.15) is 26.3 Å². The monoisotopic (exact) mass is 388 g/mol. The molecule has 0 radical (unpaired) electrons. The number of nitrogens with one attached hydrogen (secondary N) is 1. The third-order valence-corrected chi connectivity index (χ3v) is 5.08. The molecule has 0 aliphatic carbocycles. The summed E-state index contributed by atoms with van der Waals surface area (Å²) in [6, 6.07) is 13.2. The zero-order chi connectivity index (χ0) is 18.7. The SMILES string of the molecule is CC(C)(C)c1ccc2c(c1)N=C(SCC(=O)Nc1cccc(Cl)c1)CO2. The van der Waals surface area contributed by atoms with Crippen LogP contribution in [-0.2, 0) is 10.2 Å². The van der Waals surface area contributed by atoms with Crippen LogP contribution in [0.15, 0.2) is 47.5 Å². The number of fused-ring (bicyclic) bond motifs is 1. The predicted molar refractivity (Wildman–Crippen MR) is 110 cm³/mol. The first kappa shape index (κ1) is 18.8. The summed E-state index contributed by atoms with van der Waals surface area (Å²) in [7, 11) is 0. The van der Waals surface area contributed by atoms with Crippen LogP contribution in [0.25, 0.3) is 0 Å². The summed E-state index contributed by atoms with van der Waals surface area (Å²) < 4.78 is 5.77. The number of ether oxygens (including phenoxy) is 1. The fourth-order valence-electron chi connectivity index (χ4n) is 2.49. The van der Waals surface area contributed by atoms with Crippen molar-refractivity contribution in [3.63, 3.8) is 0 Å². The van der Waals surface area contributed by atoms with Crippen LogP contribution < -0.4 is 10.1 Å². The second-order valence-electron chi connectivity index (χ2n) is 7.07. The van der Waals surface area contributed by atoms with Gasteiger partial charge in [-0.05, 0) is 41.3 Å². The summed E-state index contributed by atoms with van der Waals surface area (Å²) in [6.45, 7) is 6.88. The maximum absolute atomic E-state index is 12.1. The maximum atomic E-state index is 12.1. The Morgan fingerprint density at radius 1 is 1.27 bits per heavy atom. The third kappa shape index (κ3) is 4.80. The molecule has 0 atom stereocenters. The number of carbonyl (C=O) groups excluding carboxylic acids is 1. The fourth-order valence-corrected chi connectivity index (χ4v) is 3.35. The molecule has 2 aromatic carbocycles. The quantitative estimate of drug-likeness (QED) is 0.762. The van der Waals surface area contributed by atoms with Crippen LogP contribution in [0.2, 0.25) is 5.02 Å². The first-order valence-electron chi connectivity index (χ1n) is 8.34. The predicted octanol–water partition coefficient (Wildman–Crippen LogP) is 5.43. The number of aliphatic imine (C=N–C) groups is 1. The molecule has 1 aliphatic rings. The average molecular weight is 389 g/mol. The lowest BCUT2D eigenvalue weighted by molar-refractivity contribution is -0.113. The highest BCUT2D eigenvalue weighted by Crippen LogP contribution is 2.36. The number of hydrogen-bond donors (Lipinski definition) is 1. The molecule has 0 saturated heterocycles. The second kappa shape index (κ2) is 7.72. The van der Waals surface area contributed by atoms with Crippen LogP contribution in [0.4, 0.5) is 11.4 Å². The van der Waals surface area contributed by atoms with Gasteiger partial charge in [0.2, 0.25) is 5.91 Å². The number of hydrogen-bond acceptors (Lipinski definition) is 4. The van der Waals surface area contributed by atoms with Crippen molar-refractivity contribution in [3.05, 3.63) is 53.1 Å². The van der Waals surface area contributed by atoms with E-state index in [9.17, 15) is 4.79 Å². The molecule has 1 heterocycles. The molecule has 6 heteroatoms. The molecule has 1 aliphatic heterocycles. The van der Waals surface area contributed by atoms with Gasteiger partial charge in [0.05, 0.1) is 5.75 Å². The molecule has 1 N–H and O–H groups in total. The van der Waals surface area contributed by atoms with Crippen LogP contribution in [0, 0.1) is 0 Å². The Morgan fingerprint density at radius 2 is 2.08 bits per heavy atom. The van der Waals surface area contributed by atoms with Crippen molar-refractivity contribution in [1.82, 2.24) is 0 Å². The molecule has 4 nitrogen and oxygen atoms in total. The standard InChI is InChI=1S/C20H21ClN2O2S/c1-20(2,3)13-7-8-17-16(9-13)23-19(11-25-17)26-12-18(24)22-15-6-4-5-14(21)10-15/h4-10H,11-12H2,1-3H3,(H,22,24). The fraction of sp³-hybridized carbons (Fsp3) is 0.300. The number of halogens is 1. The van der Waals surface area contributed by atoms with E-state index in [0.29, 0.717) is 17.3 Å². The minimum Gasteiger partial charge on any atom is -0.484 e. The van der Waals surface area contributed by atoms with Gasteiger partial charge in [-0.15, -0.1) is 0 Å². The average Bonchev–Trinajstić information content (AvgIpc) is 2.58. The van der Waals surface area contributed by atoms with E-state index in [1.165, 1.54) is 17.3 Å². The lowest BCUT2D eigenvalue weighted by Crippen LogP contribution is -2.19. The van der Waals surface area contributed by atoms with Gasteiger partial charge >= 0.3 is 0 Å². The van der Waals surface area contributed by atoms with E-state index < -0.39 is 0 Å². The number of amides is 1. The Morgan fingerprint density at radius 3 is 2.81 bits per heavy atom. The van der Waals surface area contributed by atoms with Gasteiger partial charge in [-0.25, -0.2) is 4.99 Å². The molecule has 26 heavy (non-hydrogen) atoms. The molecule has 0 spiro atoms. The molecule has 0 fully saturated rings. The number of carbonyl (C=O) groups is 1. The van der Waals surface area contributed by atoms with Crippen molar-refractivity contribution in [2.24, 2.45) is 4.99 Å². The Hall–Kier alpha value is -1.98. The smallest absolute Gasteiger partial charge is 0.234 e. The van der Waals surface area contributed by atoms with Gasteiger partial charge in [-0.1, -0.05) is 56.3 Å². The van der Waals surface area contributed by atoms with Crippen molar-refractivity contribution < 1.29 is 9.53 Å². The molecule has 1 amide bonds. The van der Waals surface area contributed by atoms with Crippen molar-refractivity contribution in [2.75, 3.05) is 17.7 Å². The Kier molecular flexibility index (Phi) is 5.58. The van der Waals surface area contributed by atoms with Crippen molar-refractivity contribution >= 4 is 45.7 Å². The van der Waals surface area contributed by atoms with Gasteiger partial charge in [-0.3, -0.25) is 4.79 Å². The highest BCUT2D eigenvalue weighted by molar-refractivity contribution is 8.14. The van der Waals surface area contributed by atoms with E-state index in [4.69, 9.17) is 16.3 Å². The van der Waals surface area contributed by atoms with Crippen molar-refractivity contribution in [2.45, 2.75) is 26.2 Å². The topological polar surface area (TPSA) is 50.7 Å². The molecule has 136 valence electrons. The van der Waals surface area contributed by atoms with E-state index in [1.807, 2.05) is 6.07 Å². The summed E-state index contributed by atoms with van der Waals surface area (Å²) in [4.78, 5) is 16.8. The molecule has 3 rings (SSSR count). The molecule has 0 unspecified atom stereocenters. The maximum Gasteiger partial charge on any atom is 0.234 e. The lowest BCUT2D eigenvalue weighted by Gasteiger charge is -2.22. The number of anilines is 1. The molecule has 0 aromatic heterocycles.